The van der Waals surface area contributed by atoms with Gasteiger partial charge in [0.05, 0.1) is 0 Å². The monoisotopic (exact) mass is 240 g/mol. The molecule has 0 aliphatic carbocycles. The molecule has 2 unspecified atom stereocenters. The van der Waals surface area contributed by atoms with E-state index in [-0.39, 0.29) is 68.2 Å². The summed E-state index contributed by atoms with van der Waals surface area (Å²) in [6, 6.07) is 0. The Morgan fingerprint density at radius 1 is 1.00 bits per heavy atom. The molecule has 0 radical (unpaired) electrons. The van der Waals surface area contributed by atoms with E-state index < -0.39 is 16.1 Å². The van der Waals surface area contributed by atoms with Gasteiger partial charge in [-0.1, -0.05) is 7.43 Å². The first-order chi connectivity index (χ1) is 3.46. The number of hydrogen-bond acceptors (Lipinski definition) is 2. The van der Waals surface area contributed by atoms with E-state index in [1.54, 1.807) is 0 Å². The van der Waals surface area contributed by atoms with Gasteiger partial charge in [-0.15, -0.1) is 0 Å². The molecule has 60 valence electrons. The standard InChI is InChI=1S/2CH5O2P.CH4.Ca.Mg/c2*1-4(2)3;;;/h2*4H,1H3,(H,2,3);1H4;;/q;;;2*+2. The van der Waals surface area contributed by atoms with Crippen molar-refractivity contribution in [2.24, 2.45) is 0 Å². The molecule has 0 amide bonds. The maximum atomic E-state index is 9.19. The van der Waals surface area contributed by atoms with Gasteiger partial charge in [0, 0.05) is 13.3 Å². The maximum absolute atomic E-state index is 9.19. The summed E-state index contributed by atoms with van der Waals surface area (Å²) in [7, 11) is -4.26. The van der Waals surface area contributed by atoms with Gasteiger partial charge >= 0.3 is 60.8 Å². The van der Waals surface area contributed by atoms with Gasteiger partial charge in [-0.05, 0) is 0 Å². The Bertz CT molecular complexity index is 81.3. The molecule has 4 nitrogen and oxygen atoms in total. The summed E-state index contributed by atoms with van der Waals surface area (Å²) in [4.78, 5) is 15.2. The minimum absolute atomic E-state index is 0. The molecule has 0 saturated heterocycles. The predicted molar refractivity (Wildman–Crippen MR) is 52.5 cm³/mol. The molecule has 0 aliphatic heterocycles. The second kappa shape index (κ2) is 22.8. The molecule has 11 heavy (non-hydrogen) atoms. The largest absolute Gasteiger partial charge is 2.00 e. The zero-order valence-electron chi connectivity index (χ0n) is 6.13. The van der Waals surface area contributed by atoms with E-state index >= 15 is 0 Å². The first-order valence-corrected chi connectivity index (χ1v) is 5.57. The Hall–Kier alpha value is 2.41. The van der Waals surface area contributed by atoms with E-state index in [9.17, 15) is 9.13 Å². The minimum atomic E-state index is -2.13. The van der Waals surface area contributed by atoms with Crippen LogP contribution in [0.3, 0.4) is 0 Å². The smallest absolute Gasteiger partial charge is 0.346 e. The molecule has 0 aromatic rings. The van der Waals surface area contributed by atoms with Crippen molar-refractivity contribution in [1.82, 2.24) is 0 Å². The summed E-state index contributed by atoms with van der Waals surface area (Å²) in [5.41, 5.74) is 0. The molecule has 0 heterocycles. The van der Waals surface area contributed by atoms with Crippen LogP contribution in [0.4, 0.5) is 0 Å². The third-order valence-electron chi connectivity index (χ3n) is 0. The zero-order chi connectivity index (χ0) is 7.15. The molecular weight excluding hydrogens is 226 g/mol. The predicted octanol–water partition coefficient (Wildman–Crippen LogP) is 0.0409. The van der Waals surface area contributed by atoms with Crippen LogP contribution in [0.25, 0.3) is 0 Å². The Morgan fingerprint density at radius 3 is 1.00 bits per heavy atom. The quantitative estimate of drug-likeness (QED) is 0.463. The summed E-state index contributed by atoms with van der Waals surface area (Å²) in [5, 5.41) is 0. The average Bonchev–Trinajstić information content (AvgIpc) is 1.25. The van der Waals surface area contributed by atoms with Crippen molar-refractivity contribution in [2.75, 3.05) is 13.3 Å². The van der Waals surface area contributed by atoms with Gasteiger partial charge in [0.25, 0.3) is 0 Å². The van der Waals surface area contributed by atoms with Gasteiger partial charge in [0.15, 0.2) is 16.1 Å². The first kappa shape index (κ1) is 29.2. The normalized spacial score (nSPS) is 11.3. The molecule has 0 saturated carbocycles. The van der Waals surface area contributed by atoms with Crippen molar-refractivity contribution in [3.8, 4) is 0 Å². The van der Waals surface area contributed by atoms with Crippen molar-refractivity contribution in [2.45, 2.75) is 7.43 Å². The fourth-order valence-electron chi connectivity index (χ4n) is 0. The van der Waals surface area contributed by atoms with Crippen LogP contribution in [0.1, 0.15) is 7.43 Å². The van der Waals surface area contributed by atoms with Crippen molar-refractivity contribution >= 4 is 76.8 Å². The van der Waals surface area contributed by atoms with Crippen molar-refractivity contribution in [1.29, 1.82) is 0 Å². The van der Waals surface area contributed by atoms with Gasteiger partial charge in [0.1, 0.15) is 0 Å². The van der Waals surface area contributed by atoms with Gasteiger partial charge in [-0.25, -0.2) is 0 Å². The maximum Gasteiger partial charge on any atom is 2.00 e. The van der Waals surface area contributed by atoms with Crippen molar-refractivity contribution < 1.29 is 18.9 Å². The fraction of sp³-hybridized carbons (Fsp3) is 1.00. The Kier molecular flexibility index (Phi) is 60.6. The van der Waals surface area contributed by atoms with Crippen LogP contribution in [-0.4, -0.2) is 83.9 Å². The molecule has 0 aliphatic rings. The third-order valence-corrected chi connectivity index (χ3v) is 0. The average molecular weight is 240 g/mol. The summed E-state index contributed by atoms with van der Waals surface area (Å²) in [6.45, 7) is 2.54. The van der Waals surface area contributed by atoms with E-state index in [1.165, 1.54) is 13.3 Å². The summed E-state index contributed by atoms with van der Waals surface area (Å²) >= 11 is 0. The Morgan fingerprint density at radius 2 is 1.00 bits per heavy atom. The van der Waals surface area contributed by atoms with Crippen molar-refractivity contribution in [3.05, 3.63) is 0 Å². The van der Waals surface area contributed by atoms with Crippen LogP contribution in [-0.2, 0) is 9.13 Å². The van der Waals surface area contributed by atoms with Crippen LogP contribution >= 0.6 is 16.1 Å². The Balaban J connectivity index is -0.0000000171. The zero-order valence-corrected chi connectivity index (χ0v) is 11.7. The molecule has 0 fully saturated rings. The van der Waals surface area contributed by atoms with E-state index in [0.717, 1.165) is 0 Å². The molecule has 2 N–H and O–H groups in total. The van der Waals surface area contributed by atoms with E-state index in [2.05, 4.69) is 0 Å². The third kappa shape index (κ3) is 232. The van der Waals surface area contributed by atoms with E-state index in [0.29, 0.717) is 0 Å². The fourth-order valence-corrected chi connectivity index (χ4v) is 0. The molecule has 8 heteroatoms. The SMILES string of the molecule is C.C[PH](=O)O.C[PH](=O)O.[Ca+2].[Mg+2]. The van der Waals surface area contributed by atoms with E-state index in [4.69, 9.17) is 9.79 Å². The first-order valence-electron chi connectivity index (χ1n) is 1.86. The summed E-state index contributed by atoms with van der Waals surface area (Å²) in [6.07, 6.45) is 0. The van der Waals surface area contributed by atoms with Gasteiger partial charge in [0.2, 0.25) is 0 Å². The van der Waals surface area contributed by atoms with Gasteiger partial charge in [-0.3, -0.25) is 9.13 Å². The topological polar surface area (TPSA) is 74.6 Å². The molecule has 0 bridgehead atoms. The minimum Gasteiger partial charge on any atom is -0.346 e. The van der Waals surface area contributed by atoms with Gasteiger partial charge < -0.3 is 9.79 Å². The Labute approximate surface area is 115 Å². The molecule has 0 spiro atoms. The van der Waals surface area contributed by atoms with Crippen LogP contribution < -0.4 is 0 Å². The number of rotatable bonds is 0. The van der Waals surface area contributed by atoms with Crippen LogP contribution in [0.5, 0.6) is 0 Å². The van der Waals surface area contributed by atoms with Crippen molar-refractivity contribution in [3.63, 3.8) is 0 Å². The van der Waals surface area contributed by atoms with Crippen LogP contribution in [0, 0.1) is 0 Å². The van der Waals surface area contributed by atoms with Crippen LogP contribution in [0.15, 0.2) is 0 Å². The molecular formula is C3H14CaMgO4P2+4. The number of hydrogen-bond donors (Lipinski definition) is 2. The van der Waals surface area contributed by atoms with Crippen LogP contribution in [0.2, 0.25) is 0 Å². The van der Waals surface area contributed by atoms with E-state index in [1.807, 2.05) is 0 Å². The molecule has 0 aromatic heterocycles. The summed E-state index contributed by atoms with van der Waals surface area (Å²) in [5.74, 6) is 0. The van der Waals surface area contributed by atoms with Gasteiger partial charge in [-0.2, -0.15) is 0 Å². The molecule has 0 aromatic carbocycles. The summed E-state index contributed by atoms with van der Waals surface area (Å²) < 4.78 is 18.4. The second-order valence-corrected chi connectivity index (χ2v) is 3.11. The second-order valence-electron chi connectivity index (χ2n) is 1.04. The molecule has 0 rings (SSSR count). The molecule has 2 atom stereocenters.